The molecule has 1 aromatic rings. The van der Waals surface area contributed by atoms with Crippen molar-refractivity contribution in [2.75, 3.05) is 0 Å². The van der Waals surface area contributed by atoms with E-state index in [0.717, 1.165) is 5.56 Å². The predicted molar refractivity (Wildman–Crippen MR) is 51.5 cm³/mol. The Morgan fingerprint density at radius 3 is 2.36 bits per heavy atom. The van der Waals surface area contributed by atoms with E-state index in [-0.39, 0.29) is 6.04 Å². The zero-order valence-corrected chi connectivity index (χ0v) is 7.09. The Hall–Kier alpha value is -0.730. The molecule has 0 aliphatic rings. The zero-order valence-electron chi connectivity index (χ0n) is 6.20. The van der Waals surface area contributed by atoms with Gasteiger partial charge < -0.3 is 5.73 Å². The number of hydrogen-bond acceptors (Lipinski definition) is 2. The summed E-state index contributed by atoms with van der Waals surface area (Å²) < 4.78 is 0. The number of thiol groups is 1. The molecule has 0 aromatic heterocycles. The van der Waals surface area contributed by atoms with Crippen LogP contribution in [0, 0.1) is 0 Å². The highest BCUT2D eigenvalue weighted by Gasteiger charge is 2.04. The number of nitrogens with two attached hydrogens (primary N) is 1. The standard InChI is InChI=1S/C9H11NS/c1-7(11)9(10)8-5-3-2-4-6-8/h2-6,9,11H,1,10H2. The molecule has 1 nitrogen and oxygen atoms in total. The Labute approximate surface area is 72.3 Å². The summed E-state index contributed by atoms with van der Waals surface area (Å²) in [6.45, 7) is 3.67. The fourth-order valence-corrected chi connectivity index (χ4v) is 1.00. The summed E-state index contributed by atoms with van der Waals surface area (Å²) in [5.74, 6) is 0. The Balaban J connectivity index is 2.85. The van der Waals surface area contributed by atoms with Crippen molar-refractivity contribution in [3.05, 3.63) is 47.4 Å². The molecule has 0 aliphatic carbocycles. The van der Waals surface area contributed by atoms with E-state index in [9.17, 15) is 0 Å². The molecule has 0 spiro atoms. The van der Waals surface area contributed by atoms with E-state index in [4.69, 9.17) is 5.73 Å². The molecule has 2 N–H and O–H groups in total. The molecule has 11 heavy (non-hydrogen) atoms. The maximum absolute atomic E-state index is 5.76. The smallest absolute Gasteiger partial charge is 0.0603 e. The summed E-state index contributed by atoms with van der Waals surface area (Å²) >= 11 is 4.08. The highest BCUT2D eigenvalue weighted by molar-refractivity contribution is 7.84. The van der Waals surface area contributed by atoms with Crippen molar-refractivity contribution in [1.82, 2.24) is 0 Å². The first-order valence-electron chi connectivity index (χ1n) is 3.40. The highest BCUT2D eigenvalue weighted by atomic mass is 32.1. The van der Waals surface area contributed by atoms with Gasteiger partial charge in [0.2, 0.25) is 0 Å². The maximum Gasteiger partial charge on any atom is 0.0603 e. The first kappa shape index (κ1) is 8.37. The van der Waals surface area contributed by atoms with E-state index in [1.165, 1.54) is 0 Å². The average molecular weight is 165 g/mol. The SMILES string of the molecule is C=C(S)C(N)c1ccccc1. The van der Waals surface area contributed by atoms with Gasteiger partial charge in [-0.2, -0.15) is 0 Å². The second-order valence-electron chi connectivity index (χ2n) is 2.38. The van der Waals surface area contributed by atoms with E-state index in [2.05, 4.69) is 19.2 Å². The van der Waals surface area contributed by atoms with Gasteiger partial charge in [-0.15, -0.1) is 12.6 Å². The van der Waals surface area contributed by atoms with Crippen molar-refractivity contribution in [1.29, 1.82) is 0 Å². The molecule has 1 aromatic carbocycles. The molecule has 2 heteroatoms. The summed E-state index contributed by atoms with van der Waals surface area (Å²) in [6.07, 6.45) is 0. The minimum Gasteiger partial charge on any atom is -0.320 e. The van der Waals surface area contributed by atoms with Gasteiger partial charge in [-0.3, -0.25) is 0 Å². The lowest BCUT2D eigenvalue weighted by molar-refractivity contribution is 0.901. The van der Waals surface area contributed by atoms with Crippen LogP contribution in [0.25, 0.3) is 0 Å². The Morgan fingerprint density at radius 1 is 1.36 bits per heavy atom. The second kappa shape index (κ2) is 3.60. The van der Waals surface area contributed by atoms with E-state index in [1.807, 2.05) is 30.3 Å². The molecule has 0 amide bonds. The van der Waals surface area contributed by atoms with Crippen LogP contribution in [0.5, 0.6) is 0 Å². The molecule has 0 aliphatic heterocycles. The first-order valence-corrected chi connectivity index (χ1v) is 3.85. The Bertz CT molecular complexity index is 243. The normalized spacial score (nSPS) is 12.5. The van der Waals surface area contributed by atoms with Crippen molar-refractivity contribution in [2.45, 2.75) is 6.04 Å². The van der Waals surface area contributed by atoms with Gasteiger partial charge in [0.25, 0.3) is 0 Å². The van der Waals surface area contributed by atoms with Crippen molar-refractivity contribution >= 4 is 12.6 Å². The molecule has 0 bridgehead atoms. The van der Waals surface area contributed by atoms with Crippen molar-refractivity contribution in [2.24, 2.45) is 5.73 Å². The van der Waals surface area contributed by atoms with Crippen LogP contribution < -0.4 is 5.73 Å². The lowest BCUT2D eigenvalue weighted by Crippen LogP contribution is -2.09. The molecule has 0 fully saturated rings. The number of rotatable bonds is 2. The topological polar surface area (TPSA) is 26.0 Å². The molecule has 0 heterocycles. The molecule has 0 saturated carbocycles. The minimum atomic E-state index is -0.153. The molecule has 1 rings (SSSR count). The van der Waals surface area contributed by atoms with Crippen LogP contribution in [0.15, 0.2) is 41.8 Å². The number of hydrogen-bond donors (Lipinski definition) is 2. The third-order valence-electron chi connectivity index (χ3n) is 1.52. The van der Waals surface area contributed by atoms with Crippen LogP contribution in [0.3, 0.4) is 0 Å². The van der Waals surface area contributed by atoms with Gasteiger partial charge in [0.05, 0.1) is 6.04 Å². The Kier molecular flexibility index (Phi) is 2.74. The van der Waals surface area contributed by atoms with Gasteiger partial charge in [0, 0.05) is 0 Å². The third kappa shape index (κ3) is 2.10. The Morgan fingerprint density at radius 2 is 1.91 bits per heavy atom. The summed E-state index contributed by atoms with van der Waals surface area (Å²) in [5, 5.41) is 0. The first-order chi connectivity index (χ1) is 5.22. The summed E-state index contributed by atoms with van der Waals surface area (Å²) in [6, 6.07) is 9.63. The van der Waals surface area contributed by atoms with E-state index in [0.29, 0.717) is 4.91 Å². The molecule has 1 unspecified atom stereocenters. The second-order valence-corrected chi connectivity index (χ2v) is 2.95. The maximum atomic E-state index is 5.76. The van der Waals surface area contributed by atoms with E-state index in [1.54, 1.807) is 0 Å². The highest BCUT2D eigenvalue weighted by Crippen LogP contribution is 2.18. The van der Waals surface area contributed by atoms with Crippen molar-refractivity contribution in [3.63, 3.8) is 0 Å². The van der Waals surface area contributed by atoms with Gasteiger partial charge in [-0.25, -0.2) is 0 Å². The predicted octanol–water partition coefficient (Wildman–Crippen LogP) is 2.13. The summed E-state index contributed by atoms with van der Waals surface area (Å²) in [4.78, 5) is 0.691. The minimum absolute atomic E-state index is 0.153. The largest absolute Gasteiger partial charge is 0.320 e. The van der Waals surface area contributed by atoms with Gasteiger partial charge in [-0.1, -0.05) is 36.9 Å². The lowest BCUT2D eigenvalue weighted by Gasteiger charge is -2.09. The zero-order chi connectivity index (χ0) is 8.27. The van der Waals surface area contributed by atoms with Crippen LogP contribution in [-0.4, -0.2) is 0 Å². The van der Waals surface area contributed by atoms with Crippen LogP contribution >= 0.6 is 12.6 Å². The average Bonchev–Trinajstić information content (AvgIpc) is 2.05. The monoisotopic (exact) mass is 165 g/mol. The van der Waals surface area contributed by atoms with Crippen LogP contribution in [0.4, 0.5) is 0 Å². The molecular formula is C9H11NS. The lowest BCUT2D eigenvalue weighted by atomic mass is 10.1. The van der Waals surface area contributed by atoms with Gasteiger partial charge in [0.1, 0.15) is 0 Å². The summed E-state index contributed by atoms with van der Waals surface area (Å²) in [7, 11) is 0. The van der Waals surface area contributed by atoms with Gasteiger partial charge in [-0.05, 0) is 10.5 Å². The molecule has 58 valence electrons. The quantitative estimate of drug-likeness (QED) is 0.645. The van der Waals surface area contributed by atoms with Crippen LogP contribution in [0.1, 0.15) is 11.6 Å². The molecule has 0 saturated heterocycles. The van der Waals surface area contributed by atoms with E-state index >= 15 is 0 Å². The number of benzene rings is 1. The van der Waals surface area contributed by atoms with Crippen LogP contribution in [-0.2, 0) is 0 Å². The molecular weight excluding hydrogens is 154 g/mol. The van der Waals surface area contributed by atoms with Crippen molar-refractivity contribution in [3.8, 4) is 0 Å². The van der Waals surface area contributed by atoms with Gasteiger partial charge >= 0.3 is 0 Å². The molecule has 0 radical (unpaired) electrons. The van der Waals surface area contributed by atoms with Gasteiger partial charge in [0.15, 0.2) is 0 Å². The summed E-state index contributed by atoms with van der Waals surface area (Å²) in [5.41, 5.74) is 6.81. The van der Waals surface area contributed by atoms with Crippen molar-refractivity contribution < 1.29 is 0 Å². The van der Waals surface area contributed by atoms with Crippen LogP contribution in [0.2, 0.25) is 0 Å². The third-order valence-corrected chi connectivity index (χ3v) is 1.80. The molecule has 1 atom stereocenters. The van der Waals surface area contributed by atoms with E-state index < -0.39 is 0 Å². The fraction of sp³-hybridized carbons (Fsp3) is 0.111. The fourth-order valence-electron chi connectivity index (χ4n) is 0.853.